The van der Waals surface area contributed by atoms with Crippen LogP contribution in [0.15, 0.2) is 24.3 Å². The lowest BCUT2D eigenvalue weighted by atomic mass is 9.90. The monoisotopic (exact) mass is 232 g/mol. The molecule has 3 heteroatoms. The molecule has 0 atom stereocenters. The van der Waals surface area contributed by atoms with Gasteiger partial charge >= 0.3 is 0 Å². The normalized spacial score (nSPS) is 22.5. The van der Waals surface area contributed by atoms with Crippen LogP contribution in [0.1, 0.15) is 18.4 Å². The van der Waals surface area contributed by atoms with Crippen LogP contribution in [0.25, 0.3) is 0 Å². The lowest BCUT2D eigenvalue weighted by Crippen LogP contribution is -2.53. The fourth-order valence-electron chi connectivity index (χ4n) is 2.89. The number of benzene rings is 1. The van der Waals surface area contributed by atoms with E-state index in [0.29, 0.717) is 0 Å². The van der Waals surface area contributed by atoms with Gasteiger partial charge in [0, 0.05) is 37.5 Å². The minimum absolute atomic E-state index is 0.0598. The Hall–Kier alpha value is -1.06. The molecule has 0 amide bonds. The fourth-order valence-corrected chi connectivity index (χ4v) is 2.89. The Morgan fingerprint density at radius 1 is 1.24 bits per heavy atom. The summed E-state index contributed by atoms with van der Waals surface area (Å²) < 4.78 is 5.40. The van der Waals surface area contributed by atoms with Crippen LogP contribution in [0.5, 0.6) is 0 Å². The molecule has 3 rings (SSSR count). The Bertz CT molecular complexity index is 399. The molecule has 1 saturated heterocycles. The second-order valence-electron chi connectivity index (χ2n) is 5.28. The van der Waals surface area contributed by atoms with Gasteiger partial charge in [-0.2, -0.15) is 0 Å². The number of para-hydroxylation sites is 1. The molecule has 0 aromatic heterocycles. The summed E-state index contributed by atoms with van der Waals surface area (Å²) in [5.41, 5.74) is 9.25. The highest BCUT2D eigenvalue weighted by Gasteiger charge is 2.32. The van der Waals surface area contributed by atoms with Gasteiger partial charge in [0.05, 0.1) is 0 Å². The molecule has 2 heterocycles. The van der Waals surface area contributed by atoms with E-state index in [-0.39, 0.29) is 5.54 Å². The number of hydrogen-bond acceptors (Lipinski definition) is 3. The molecule has 1 aromatic rings. The summed E-state index contributed by atoms with van der Waals surface area (Å²) in [6.45, 7) is 3.70. The molecular formula is C14H20N2O. The standard InChI is InChI=1S/C14H20N2O/c15-14(6-9-17-10-7-14)11-16-8-5-12-3-1-2-4-13(12)16/h1-4H,5-11,15H2. The third kappa shape index (κ3) is 2.17. The molecule has 0 bridgehead atoms. The quantitative estimate of drug-likeness (QED) is 0.841. The molecule has 0 radical (unpaired) electrons. The van der Waals surface area contributed by atoms with Crippen molar-refractivity contribution in [3.8, 4) is 0 Å². The number of nitrogens with two attached hydrogens (primary N) is 1. The van der Waals surface area contributed by atoms with Gasteiger partial charge in [0.1, 0.15) is 0 Å². The first-order valence-electron chi connectivity index (χ1n) is 6.46. The predicted molar refractivity (Wildman–Crippen MR) is 69.3 cm³/mol. The van der Waals surface area contributed by atoms with E-state index in [9.17, 15) is 0 Å². The van der Waals surface area contributed by atoms with Gasteiger partial charge in [0.25, 0.3) is 0 Å². The van der Waals surface area contributed by atoms with E-state index < -0.39 is 0 Å². The van der Waals surface area contributed by atoms with Crippen molar-refractivity contribution < 1.29 is 4.74 Å². The minimum Gasteiger partial charge on any atom is -0.381 e. The van der Waals surface area contributed by atoms with E-state index in [1.807, 2.05) is 0 Å². The first-order chi connectivity index (χ1) is 8.27. The number of rotatable bonds is 2. The number of hydrogen-bond donors (Lipinski definition) is 1. The Kier molecular flexibility index (Phi) is 2.81. The highest BCUT2D eigenvalue weighted by atomic mass is 16.5. The summed E-state index contributed by atoms with van der Waals surface area (Å²) >= 11 is 0. The first-order valence-corrected chi connectivity index (χ1v) is 6.46. The van der Waals surface area contributed by atoms with Crippen LogP contribution in [-0.2, 0) is 11.2 Å². The van der Waals surface area contributed by atoms with Gasteiger partial charge in [-0.3, -0.25) is 0 Å². The van der Waals surface area contributed by atoms with Gasteiger partial charge in [-0.25, -0.2) is 0 Å². The van der Waals surface area contributed by atoms with Gasteiger partial charge in [-0.05, 0) is 30.9 Å². The maximum atomic E-state index is 6.47. The smallest absolute Gasteiger partial charge is 0.0484 e. The molecule has 2 aliphatic rings. The van der Waals surface area contributed by atoms with E-state index in [2.05, 4.69) is 29.2 Å². The van der Waals surface area contributed by atoms with Crippen molar-refractivity contribution in [3.63, 3.8) is 0 Å². The zero-order chi connectivity index (χ0) is 11.7. The largest absolute Gasteiger partial charge is 0.381 e. The Morgan fingerprint density at radius 3 is 2.82 bits per heavy atom. The average molecular weight is 232 g/mol. The van der Waals surface area contributed by atoms with Crippen molar-refractivity contribution in [3.05, 3.63) is 29.8 Å². The molecule has 1 fully saturated rings. The van der Waals surface area contributed by atoms with Crippen molar-refractivity contribution in [2.45, 2.75) is 24.8 Å². The topological polar surface area (TPSA) is 38.5 Å². The Labute approximate surface area is 103 Å². The minimum atomic E-state index is -0.0598. The second kappa shape index (κ2) is 4.31. The zero-order valence-electron chi connectivity index (χ0n) is 10.2. The van der Waals surface area contributed by atoms with Crippen LogP contribution in [0.4, 0.5) is 5.69 Å². The molecule has 2 N–H and O–H groups in total. The molecule has 17 heavy (non-hydrogen) atoms. The van der Waals surface area contributed by atoms with Crippen molar-refractivity contribution >= 4 is 5.69 Å². The van der Waals surface area contributed by atoms with Gasteiger partial charge in [0.2, 0.25) is 0 Å². The third-order valence-corrected chi connectivity index (χ3v) is 3.98. The Morgan fingerprint density at radius 2 is 2.00 bits per heavy atom. The molecule has 3 nitrogen and oxygen atoms in total. The van der Waals surface area contributed by atoms with Gasteiger partial charge in [0.15, 0.2) is 0 Å². The highest BCUT2D eigenvalue weighted by Crippen LogP contribution is 2.30. The van der Waals surface area contributed by atoms with Crippen LogP contribution in [0.2, 0.25) is 0 Å². The molecule has 0 aliphatic carbocycles. The molecule has 0 spiro atoms. The van der Waals surface area contributed by atoms with Crippen molar-refractivity contribution in [2.24, 2.45) is 5.73 Å². The third-order valence-electron chi connectivity index (χ3n) is 3.98. The predicted octanol–water partition coefficient (Wildman–Crippen LogP) is 1.56. The van der Waals surface area contributed by atoms with Crippen LogP contribution >= 0.6 is 0 Å². The summed E-state index contributed by atoms with van der Waals surface area (Å²) in [6.07, 6.45) is 3.11. The summed E-state index contributed by atoms with van der Waals surface area (Å²) in [5.74, 6) is 0. The van der Waals surface area contributed by atoms with Gasteiger partial charge < -0.3 is 15.4 Å². The zero-order valence-corrected chi connectivity index (χ0v) is 10.2. The van der Waals surface area contributed by atoms with Crippen LogP contribution < -0.4 is 10.6 Å². The first kappa shape index (κ1) is 11.1. The van der Waals surface area contributed by atoms with E-state index in [1.54, 1.807) is 0 Å². The second-order valence-corrected chi connectivity index (χ2v) is 5.28. The lowest BCUT2D eigenvalue weighted by Gasteiger charge is -2.37. The average Bonchev–Trinajstić information content (AvgIpc) is 2.73. The summed E-state index contributed by atoms with van der Waals surface area (Å²) in [6, 6.07) is 8.67. The molecule has 0 unspecified atom stereocenters. The number of fused-ring (bicyclic) bond motifs is 1. The van der Waals surface area contributed by atoms with Crippen LogP contribution in [0, 0.1) is 0 Å². The lowest BCUT2D eigenvalue weighted by molar-refractivity contribution is 0.0556. The van der Waals surface area contributed by atoms with Gasteiger partial charge in [-0.1, -0.05) is 18.2 Å². The van der Waals surface area contributed by atoms with E-state index in [0.717, 1.165) is 45.6 Å². The van der Waals surface area contributed by atoms with Crippen molar-refractivity contribution in [1.82, 2.24) is 0 Å². The van der Waals surface area contributed by atoms with Crippen molar-refractivity contribution in [1.29, 1.82) is 0 Å². The van der Waals surface area contributed by atoms with Crippen molar-refractivity contribution in [2.75, 3.05) is 31.2 Å². The van der Waals surface area contributed by atoms with Crippen LogP contribution in [0.3, 0.4) is 0 Å². The maximum absolute atomic E-state index is 6.47. The van der Waals surface area contributed by atoms with E-state index in [1.165, 1.54) is 11.3 Å². The molecule has 0 saturated carbocycles. The summed E-state index contributed by atoms with van der Waals surface area (Å²) in [5, 5.41) is 0. The number of nitrogens with zero attached hydrogens (tertiary/aromatic N) is 1. The summed E-state index contributed by atoms with van der Waals surface area (Å²) in [4.78, 5) is 2.45. The molecule has 1 aromatic carbocycles. The van der Waals surface area contributed by atoms with E-state index >= 15 is 0 Å². The molecule has 92 valence electrons. The van der Waals surface area contributed by atoms with E-state index in [4.69, 9.17) is 10.5 Å². The fraction of sp³-hybridized carbons (Fsp3) is 0.571. The number of ether oxygens (including phenoxy) is 1. The maximum Gasteiger partial charge on any atom is 0.0484 e. The number of anilines is 1. The SMILES string of the molecule is NC1(CN2CCc3ccccc32)CCOCC1. The van der Waals surface area contributed by atoms with Crippen LogP contribution in [-0.4, -0.2) is 31.8 Å². The van der Waals surface area contributed by atoms with Gasteiger partial charge in [-0.15, -0.1) is 0 Å². The summed E-state index contributed by atoms with van der Waals surface area (Å²) in [7, 11) is 0. The molecule has 2 aliphatic heterocycles. The highest BCUT2D eigenvalue weighted by molar-refractivity contribution is 5.58. The Balaban J connectivity index is 1.74. The molecular weight excluding hydrogens is 212 g/mol.